The van der Waals surface area contributed by atoms with Gasteiger partial charge in [0, 0.05) is 5.56 Å². The molecule has 0 radical (unpaired) electrons. The van der Waals surface area contributed by atoms with E-state index in [-0.39, 0.29) is 16.8 Å². The summed E-state index contributed by atoms with van der Waals surface area (Å²) in [4.78, 5) is 18.0. The third kappa shape index (κ3) is 6.38. The average Bonchev–Trinajstić information content (AvgIpc) is 2.96. The molecular weight excluding hydrogens is 611 g/mol. The molecule has 0 saturated heterocycles. The van der Waals surface area contributed by atoms with Gasteiger partial charge in [-0.05, 0) is 77.3 Å². The fourth-order valence-corrected chi connectivity index (χ4v) is 4.97. The van der Waals surface area contributed by atoms with Crippen molar-refractivity contribution < 1.29 is 22.6 Å². The van der Waals surface area contributed by atoms with Gasteiger partial charge in [0.1, 0.15) is 6.61 Å². The van der Waals surface area contributed by atoms with Crippen molar-refractivity contribution in [3.8, 4) is 22.9 Å². The Morgan fingerprint density at radius 1 is 0.976 bits per heavy atom. The van der Waals surface area contributed by atoms with E-state index in [1.54, 1.807) is 36.4 Å². The van der Waals surface area contributed by atoms with Crippen LogP contribution < -0.4 is 15.0 Å². The van der Waals surface area contributed by atoms with Crippen molar-refractivity contribution in [2.24, 2.45) is 5.10 Å². The SMILES string of the molecule is CCOc1cc(C=Nn2c(-c3cccc(C(F)(F)F)c3)nc3ccccc3c2=O)cc(Br)c1OCc1cccc(C)c1. The second kappa shape index (κ2) is 12.2. The van der Waals surface area contributed by atoms with E-state index in [0.717, 1.165) is 27.9 Å². The lowest BCUT2D eigenvalue weighted by atomic mass is 10.1. The minimum Gasteiger partial charge on any atom is -0.490 e. The van der Waals surface area contributed by atoms with Crippen molar-refractivity contribution in [2.75, 3.05) is 6.61 Å². The normalized spacial score (nSPS) is 11.8. The number of aryl methyl sites for hydroxylation is 1. The van der Waals surface area contributed by atoms with Crippen LogP contribution in [-0.4, -0.2) is 22.5 Å². The number of halogens is 4. The molecule has 6 nitrogen and oxygen atoms in total. The van der Waals surface area contributed by atoms with Crippen molar-refractivity contribution >= 4 is 33.0 Å². The highest BCUT2D eigenvalue weighted by atomic mass is 79.9. The van der Waals surface area contributed by atoms with E-state index in [0.29, 0.717) is 40.3 Å². The number of benzene rings is 4. The van der Waals surface area contributed by atoms with Gasteiger partial charge in [0.15, 0.2) is 17.3 Å². The highest BCUT2D eigenvalue weighted by molar-refractivity contribution is 9.10. The number of aromatic nitrogens is 2. The maximum Gasteiger partial charge on any atom is 0.416 e. The predicted molar refractivity (Wildman–Crippen MR) is 160 cm³/mol. The second-order valence-corrected chi connectivity index (χ2v) is 10.3. The Morgan fingerprint density at radius 3 is 2.52 bits per heavy atom. The van der Waals surface area contributed by atoms with E-state index < -0.39 is 17.3 Å². The standard InChI is InChI=1S/C32H25BrF3N3O3/c1-3-41-28-16-22(15-26(33)29(28)42-19-21-9-6-8-20(2)14-21)18-37-39-30(23-10-7-11-24(17-23)32(34,35)36)38-27-13-5-4-12-25(27)31(39)40/h4-18H,3,19H2,1-2H3. The summed E-state index contributed by atoms with van der Waals surface area (Å²) in [5.74, 6) is 0.941. The molecule has 0 saturated carbocycles. The minimum absolute atomic E-state index is 0.0248. The summed E-state index contributed by atoms with van der Waals surface area (Å²) < 4.78 is 54.0. The molecule has 0 N–H and O–H groups in total. The van der Waals surface area contributed by atoms with Gasteiger partial charge in [-0.1, -0.05) is 54.1 Å². The number of hydrogen-bond donors (Lipinski definition) is 0. The molecule has 1 aromatic heterocycles. The summed E-state index contributed by atoms with van der Waals surface area (Å²) in [7, 11) is 0. The van der Waals surface area contributed by atoms with Gasteiger partial charge in [-0.3, -0.25) is 4.79 Å². The fourth-order valence-electron chi connectivity index (χ4n) is 4.40. The molecule has 0 bridgehead atoms. The van der Waals surface area contributed by atoms with Crippen molar-refractivity contribution in [1.29, 1.82) is 0 Å². The fraction of sp³-hybridized carbons (Fsp3) is 0.156. The lowest BCUT2D eigenvalue weighted by molar-refractivity contribution is -0.137. The number of para-hydroxylation sites is 1. The Bertz CT molecular complexity index is 1850. The monoisotopic (exact) mass is 635 g/mol. The van der Waals surface area contributed by atoms with Crippen molar-refractivity contribution in [3.05, 3.63) is 122 Å². The Hall–Kier alpha value is -4.44. The summed E-state index contributed by atoms with van der Waals surface area (Å²) in [5.41, 5.74) is 1.74. The molecule has 0 amide bonds. The van der Waals surface area contributed by atoms with Crippen LogP contribution in [0.4, 0.5) is 13.2 Å². The first kappa shape index (κ1) is 29.1. The number of fused-ring (bicyclic) bond motifs is 1. The maximum atomic E-state index is 13.5. The molecule has 42 heavy (non-hydrogen) atoms. The van der Waals surface area contributed by atoms with Crippen molar-refractivity contribution in [2.45, 2.75) is 26.6 Å². The molecule has 0 aliphatic carbocycles. The van der Waals surface area contributed by atoms with Crippen LogP contribution in [0.3, 0.4) is 0 Å². The maximum absolute atomic E-state index is 13.5. The lowest BCUT2D eigenvalue weighted by Gasteiger charge is -2.15. The van der Waals surface area contributed by atoms with E-state index in [1.165, 1.54) is 18.3 Å². The van der Waals surface area contributed by atoms with Crippen LogP contribution >= 0.6 is 15.9 Å². The van der Waals surface area contributed by atoms with Crippen molar-refractivity contribution in [1.82, 2.24) is 9.66 Å². The zero-order valence-electron chi connectivity index (χ0n) is 22.7. The van der Waals surface area contributed by atoms with Gasteiger partial charge >= 0.3 is 6.18 Å². The summed E-state index contributed by atoms with van der Waals surface area (Å²) in [6, 6.07) is 22.7. The first-order chi connectivity index (χ1) is 20.1. The largest absolute Gasteiger partial charge is 0.490 e. The zero-order valence-corrected chi connectivity index (χ0v) is 24.2. The van der Waals surface area contributed by atoms with Crippen LogP contribution in [-0.2, 0) is 12.8 Å². The smallest absolute Gasteiger partial charge is 0.416 e. The van der Waals surface area contributed by atoms with Gasteiger partial charge in [0.25, 0.3) is 5.56 Å². The van der Waals surface area contributed by atoms with E-state index >= 15 is 0 Å². The zero-order chi connectivity index (χ0) is 29.9. The van der Waals surface area contributed by atoms with Gasteiger partial charge in [0.05, 0.1) is 33.8 Å². The Balaban J connectivity index is 1.56. The molecule has 214 valence electrons. The summed E-state index contributed by atoms with van der Waals surface area (Å²) in [5, 5.41) is 4.67. The van der Waals surface area contributed by atoms with E-state index in [1.807, 2.05) is 38.1 Å². The van der Waals surface area contributed by atoms with Crippen LogP contribution in [0, 0.1) is 6.92 Å². The first-order valence-electron chi connectivity index (χ1n) is 13.0. The summed E-state index contributed by atoms with van der Waals surface area (Å²) in [6.07, 6.45) is -3.14. The number of ether oxygens (including phenoxy) is 2. The van der Waals surface area contributed by atoms with Crippen LogP contribution in [0.25, 0.3) is 22.3 Å². The molecule has 0 unspecified atom stereocenters. The summed E-state index contributed by atoms with van der Waals surface area (Å²) in [6.45, 7) is 4.56. The van der Waals surface area contributed by atoms with Crippen molar-refractivity contribution in [3.63, 3.8) is 0 Å². The van der Waals surface area contributed by atoms with Crippen LogP contribution in [0.5, 0.6) is 11.5 Å². The predicted octanol–water partition coefficient (Wildman–Crippen LogP) is 8.01. The Morgan fingerprint density at radius 2 is 1.76 bits per heavy atom. The van der Waals surface area contributed by atoms with E-state index in [4.69, 9.17) is 9.47 Å². The van der Waals surface area contributed by atoms with E-state index in [2.05, 4.69) is 26.0 Å². The lowest BCUT2D eigenvalue weighted by Crippen LogP contribution is -2.20. The van der Waals surface area contributed by atoms with Crippen LogP contribution in [0.15, 0.2) is 99.3 Å². The molecule has 0 aliphatic heterocycles. The number of rotatable bonds is 8. The molecule has 1 heterocycles. The minimum atomic E-state index is -4.56. The number of alkyl halides is 3. The Kier molecular flexibility index (Phi) is 8.44. The molecule has 5 aromatic rings. The van der Waals surface area contributed by atoms with Gasteiger partial charge in [-0.15, -0.1) is 0 Å². The van der Waals surface area contributed by atoms with Crippen LogP contribution in [0.1, 0.15) is 29.2 Å². The second-order valence-electron chi connectivity index (χ2n) is 9.43. The third-order valence-electron chi connectivity index (χ3n) is 6.32. The molecule has 0 atom stereocenters. The quantitative estimate of drug-likeness (QED) is 0.162. The van der Waals surface area contributed by atoms with Gasteiger partial charge in [0.2, 0.25) is 0 Å². The highest BCUT2D eigenvalue weighted by Crippen LogP contribution is 2.37. The third-order valence-corrected chi connectivity index (χ3v) is 6.91. The molecule has 0 fully saturated rings. The first-order valence-corrected chi connectivity index (χ1v) is 13.8. The average molecular weight is 636 g/mol. The van der Waals surface area contributed by atoms with E-state index in [9.17, 15) is 18.0 Å². The molecular formula is C32H25BrF3N3O3. The summed E-state index contributed by atoms with van der Waals surface area (Å²) >= 11 is 3.55. The number of hydrogen-bond acceptors (Lipinski definition) is 5. The molecule has 10 heteroatoms. The molecule has 5 rings (SSSR count). The Labute approximate surface area is 248 Å². The highest BCUT2D eigenvalue weighted by Gasteiger charge is 2.31. The molecule has 4 aromatic carbocycles. The van der Waals surface area contributed by atoms with Crippen LogP contribution in [0.2, 0.25) is 0 Å². The molecule has 0 spiro atoms. The van der Waals surface area contributed by atoms with Gasteiger partial charge in [-0.2, -0.15) is 22.9 Å². The number of nitrogens with zero attached hydrogens (tertiary/aromatic N) is 3. The topological polar surface area (TPSA) is 65.7 Å². The molecule has 0 aliphatic rings. The van der Waals surface area contributed by atoms with Gasteiger partial charge in [-0.25, -0.2) is 4.98 Å². The van der Waals surface area contributed by atoms with Gasteiger partial charge < -0.3 is 9.47 Å².